The van der Waals surface area contributed by atoms with Crippen molar-refractivity contribution in [1.82, 2.24) is 0 Å². The summed E-state index contributed by atoms with van der Waals surface area (Å²) in [5.41, 5.74) is 4.71. The molecule has 94 valence electrons. The van der Waals surface area contributed by atoms with E-state index in [0.29, 0.717) is 0 Å². The minimum absolute atomic E-state index is 0.697. The molecule has 0 saturated carbocycles. The lowest BCUT2D eigenvalue weighted by Crippen LogP contribution is -2.47. The molecular formula is C8H15NO7. The topological polar surface area (TPSA) is 161 Å². The molecular weight excluding hydrogens is 222 g/mol. The molecule has 0 aliphatic carbocycles. The summed E-state index contributed by atoms with van der Waals surface area (Å²) >= 11 is 0. The fourth-order valence-electron chi connectivity index (χ4n) is 0.975. The average Bonchev–Trinajstić information content (AvgIpc) is 2.23. The van der Waals surface area contributed by atoms with Crippen molar-refractivity contribution >= 4 is 11.7 Å². The molecule has 0 fully saturated rings. The molecule has 0 aliphatic rings. The molecule has 0 aromatic heterocycles. The molecule has 1 amide bonds. The quantitative estimate of drug-likeness (QED) is 0.262. The van der Waals surface area contributed by atoms with Crippen LogP contribution in [-0.2, 0) is 9.59 Å². The second kappa shape index (κ2) is 6.51. The second-order valence-corrected chi connectivity index (χ2v) is 3.27. The Kier molecular flexibility index (Phi) is 6.08. The standard InChI is InChI=1S/C8H15NO7/c9-5(13)1-3(11)6(14)8(16)7(15)4(12)2-10/h3-4,7-8,10-12,15-16H,1-2H2,(H2,9,13)/t3?,4-,7-,8-/m1/s1. The molecule has 4 atom stereocenters. The summed E-state index contributed by atoms with van der Waals surface area (Å²) in [6.07, 6.45) is -8.32. The first kappa shape index (κ1) is 14.9. The van der Waals surface area contributed by atoms with Crippen LogP contribution in [0.5, 0.6) is 0 Å². The van der Waals surface area contributed by atoms with E-state index in [9.17, 15) is 14.7 Å². The van der Waals surface area contributed by atoms with Gasteiger partial charge in [0.1, 0.15) is 24.4 Å². The monoisotopic (exact) mass is 237 g/mol. The van der Waals surface area contributed by atoms with Crippen LogP contribution < -0.4 is 5.73 Å². The zero-order valence-corrected chi connectivity index (χ0v) is 8.35. The molecule has 7 N–H and O–H groups in total. The Morgan fingerprint density at radius 1 is 1.12 bits per heavy atom. The van der Waals surface area contributed by atoms with Crippen molar-refractivity contribution in [1.29, 1.82) is 0 Å². The smallest absolute Gasteiger partial charge is 0.220 e. The molecule has 0 radical (unpaired) electrons. The summed E-state index contributed by atoms with van der Waals surface area (Å²) in [4.78, 5) is 21.6. The van der Waals surface area contributed by atoms with Gasteiger partial charge in [-0.1, -0.05) is 0 Å². The molecule has 0 saturated heterocycles. The molecule has 0 spiro atoms. The Labute approximate surface area is 90.9 Å². The zero-order chi connectivity index (χ0) is 12.9. The molecule has 0 rings (SSSR count). The number of carbonyl (C=O) groups excluding carboxylic acids is 2. The van der Waals surface area contributed by atoms with Gasteiger partial charge in [-0.15, -0.1) is 0 Å². The maximum Gasteiger partial charge on any atom is 0.220 e. The van der Waals surface area contributed by atoms with Crippen LogP contribution in [0.1, 0.15) is 6.42 Å². The van der Waals surface area contributed by atoms with Gasteiger partial charge in [-0.25, -0.2) is 0 Å². The van der Waals surface area contributed by atoms with Crippen molar-refractivity contribution < 1.29 is 35.1 Å². The van der Waals surface area contributed by atoms with E-state index in [1.807, 2.05) is 0 Å². The number of carbonyl (C=O) groups is 2. The van der Waals surface area contributed by atoms with E-state index in [4.69, 9.17) is 26.2 Å². The Balaban J connectivity index is 4.42. The number of nitrogens with two attached hydrogens (primary N) is 1. The number of amides is 1. The predicted molar refractivity (Wildman–Crippen MR) is 49.9 cm³/mol. The Morgan fingerprint density at radius 2 is 1.62 bits per heavy atom. The molecule has 0 aromatic carbocycles. The van der Waals surface area contributed by atoms with Crippen molar-refractivity contribution in [2.45, 2.75) is 30.8 Å². The summed E-state index contributed by atoms with van der Waals surface area (Å²) in [6.45, 7) is -0.864. The highest BCUT2D eigenvalue weighted by Gasteiger charge is 2.33. The van der Waals surface area contributed by atoms with Crippen LogP contribution in [0, 0.1) is 0 Å². The third-order valence-electron chi connectivity index (χ3n) is 1.92. The molecule has 0 aromatic rings. The van der Waals surface area contributed by atoms with E-state index < -0.39 is 49.1 Å². The minimum atomic E-state index is -2.10. The lowest BCUT2D eigenvalue weighted by Gasteiger charge is -2.21. The lowest BCUT2D eigenvalue weighted by molar-refractivity contribution is -0.150. The fourth-order valence-corrected chi connectivity index (χ4v) is 0.975. The highest BCUT2D eigenvalue weighted by molar-refractivity contribution is 5.91. The molecule has 0 heterocycles. The maximum absolute atomic E-state index is 11.2. The third-order valence-corrected chi connectivity index (χ3v) is 1.92. The third kappa shape index (κ3) is 4.21. The Bertz CT molecular complexity index is 257. The van der Waals surface area contributed by atoms with E-state index >= 15 is 0 Å². The largest absolute Gasteiger partial charge is 0.394 e. The van der Waals surface area contributed by atoms with Crippen LogP contribution >= 0.6 is 0 Å². The average molecular weight is 237 g/mol. The van der Waals surface area contributed by atoms with Gasteiger partial charge < -0.3 is 31.3 Å². The van der Waals surface area contributed by atoms with E-state index in [1.54, 1.807) is 0 Å². The van der Waals surface area contributed by atoms with E-state index in [0.717, 1.165) is 0 Å². The molecule has 8 nitrogen and oxygen atoms in total. The lowest BCUT2D eigenvalue weighted by atomic mass is 9.99. The summed E-state index contributed by atoms with van der Waals surface area (Å²) < 4.78 is 0. The van der Waals surface area contributed by atoms with Gasteiger partial charge in [0, 0.05) is 0 Å². The number of hydrogen-bond donors (Lipinski definition) is 6. The van der Waals surface area contributed by atoms with E-state index in [2.05, 4.69) is 0 Å². The van der Waals surface area contributed by atoms with Gasteiger partial charge in [0.2, 0.25) is 5.91 Å². The molecule has 8 heteroatoms. The van der Waals surface area contributed by atoms with Crippen molar-refractivity contribution in [2.75, 3.05) is 6.61 Å². The number of Topliss-reactive ketones (excluding diaryl/α,β-unsaturated/α-hetero) is 1. The number of ketones is 1. The van der Waals surface area contributed by atoms with Gasteiger partial charge in [0.25, 0.3) is 0 Å². The summed E-state index contributed by atoms with van der Waals surface area (Å²) in [6, 6.07) is 0. The number of aliphatic hydroxyl groups is 5. The second-order valence-electron chi connectivity index (χ2n) is 3.27. The van der Waals surface area contributed by atoms with Gasteiger partial charge in [0.05, 0.1) is 13.0 Å². The van der Waals surface area contributed by atoms with Gasteiger partial charge in [-0.05, 0) is 0 Å². The highest BCUT2D eigenvalue weighted by atomic mass is 16.4. The summed E-state index contributed by atoms with van der Waals surface area (Å²) in [7, 11) is 0. The number of primary amides is 1. The number of hydrogen-bond acceptors (Lipinski definition) is 7. The Morgan fingerprint density at radius 3 is 2.00 bits per heavy atom. The SMILES string of the molecule is NC(=O)CC(O)C(=O)[C@@H](O)[C@H](O)[C@H](O)CO. The van der Waals surface area contributed by atoms with Crippen molar-refractivity contribution in [3.8, 4) is 0 Å². The maximum atomic E-state index is 11.2. The van der Waals surface area contributed by atoms with E-state index in [1.165, 1.54) is 0 Å². The van der Waals surface area contributed by atoms with Crippen LogP contribution in [0.15, 0.2) is 0 Å². The van der Waals surface area contributed by atoms with Crippen LogP contribution in [0.2, 0.25) is 0 Å². The van der Waals surface area contributed by atoms with Crippen molar-refractivity contribution in [3.05, 3.63) is 0 Å². The van der Waals surface area contributed by atoms with Crippen LogP contribution in [0.3, 0.4) is 0 Å². The van der Waals surface area contributed by atoms with Gasteiger partial charge >= 0.3 is 0 Å². The highest BCUT2D eigenvalue weighted by Crippen LogP contribution is 2.05. The number of rotatable bonds is 7. The fraction of sp³-hybridized carbons (Fsp3) is 0.750. The van der Waals surface area contributed by atoms with Crippen molar-refractivity contribution in [3.63, 3.8) is 0 Å². The zero-order valence-electron chi connectivity index (χ0n) is 8.35. The van der Waals surface area contributed by atoms with Gasteiger partial charge in [-0.2, -0.15) is 0 Å². The van der Waals surface area contributed by atoms with E-state index in [-0.39, 0.29) is 0 Å². The van der Waals surface area contributed by atoms with Gasteiger partial charge in [-0.3, -0.25) is 9.59 Å². The van der Waals surface area contributed by atoms with Crippen LogP contribution in [0.25, 0.3) is 0 Å². The van der Waals surface area contributed by atoms with Crippen LogP contribution in [-0.4, -0.2) is 68.2 Å². The van der Waals surface area contributed by atoms with Crippen LogP contribution in [0.4, 0.5) is 0 Å². The van der Waals surface area contributed by atoms with Crippen molar-refractivity contribution in [2.24, 2.45) is 5.73 Å². The molecule has 16 heavy (non-hydrogen) atoms. The number of aliphatic hydroxyl groups excluding tert-OH is 5. The minimum Gasteiger partial charge on any atom is -0.394 e. The Hall–Kier alpha value is -1.06. The first-order valence-electron chi connectivity index (χ1n) is 4.46. The summed E-state index contributed by atoms with van der Waals surface area (Å²) in [5, 5.41) is 44.8. The van der Waals surface area contributed by atoms with Gasteiger partial charge in [0.15, 0.2) is 5.78 Å². The molecule has 0 bridgehead atoms. The first-order valence-corrected chi connectivity index (χ1v) is 4.46. The normalized spacial score (nSPS) is 18.6. The molecule has 0 aliphatic heterocycles. The predicted octanol–water partition coefficient (Wildman–Crippen LogP) is -4.13. The molecule has 1 unspecified atom stereocenters. The first-order chi connectivity index (χ1) is 7.31. The summed E-state index contributed by atoms with van der Waals surface area (Å²) in [5.74, 6) is -2.20.